The van der Waals surface area contributed by atoms with E-state index in [2.05, 4.69) is 0 Å². The molecule has 23 heavy (non-hydrogen) atoms. The first-order valence-electron chi connectivity index (χ1n) is 7.19. The number of aryl methyl sites for hydroxylation is 1. The summed E-state index contributed by atoms with van der Waals surface area (Å²) in [5.74, 6) is 0. The van der Waals surface area contributed by atoms with Crippen LogP contribution in [0.25, 0.3) is 22.3 Å². The largest absolute Gasteiger partial charge is 0.294 e. The third-order valence-corrected chi connectivity index (χ3v) is 4.66. The van der Waals surface area contributed by atoms with Gasteiger partial charge in [-0.15, -0.1) is 0 Å². The molecule has 0 radical (unpaired) electrons. The van der Waals surface area contributed by atoms with E-state index in [4.69, 9.17) is 0 Å². The topological polar surface area (TPSA) is 54.4 Å². The second-order valence-corrected chi connectivity index (χ2v) is 6.82. The minimum absolute atomic E-state index is 0.0924. The number of benzene rings is 3. The lowest BCUT2D eigenvalue weighted by atomic mass is 9.98. The Morgan fingerprint density at radius 1 is 0.739 bits per heavy atom. The highest BCUT2D eigenvalue weighted by Gasteiger charge is 2.12. The van der Waals surface area contributed by atoms with E-state index in [1.807, 2.05) is 61.5 Å². The molecule has 0 bridgehead atoms. The fourth-order valence-corrected chi connectivity index (χ4v) is 3.05. The van der Waals surface area contributed by atoms with Gasteiger partial charge in [0.15, 0.2) is 0 Å². The van der Waals surface area contributed by atoms with Crippen LogP contribution in [0.4, 0.5) is 0 Å². The zero-order valence-electron chi connectivity index (χ0n) is 12.6. The highest BCUT2D eigenvalue weighted by molar-refractivity contribution is 7.85. The first-order chi connectivity index (χ1) is 10.9. The maximum atomic E-state index is 11.3. The van der Waals surface area contributed by atoms with Crippen LogP contribution in [0.1, 0.15) is 5.56 Å². The quantitative estimate of drug-likeness (QED) is 0.718. The van der Waals surface area contributed by atoms with E-state index in [-0.39, 0.29) is 4.90 Å². The standard InChI is InChI=1S/C19H16O3S/c1-14-7-12-18(23(20,21)22)13-19(14)17-10-8-16(9-11-17)15-5-3-2-4-6-15/h2-13H,1H3,(H,20,21,22). The Morgan fingerprint density at radius 2 is 1.30 bits per heavy atom. The normalized spacial score (nSPS) is 11.4. The van der Waals surface area contributed by atoms with Crippen molar-refractivity contribution in [2.75, 3.05) is 0 Å². The van der Waals surface area contributed by atoms with E-state index in [1.54, 1.807) is 6.07 Å². The van der Waals surface area contributed by atoms with Crippen LogP contribution in [-0.4, -0.2) is 13.0 Å². The molecule has 0 heterocycles. The van der Waals surface area contributed by atoms with Crippen LogP contribution in [0.2, 0.25) is 0 Å². The maximum Gasteiger partial charge on any atom is 0.294 e. The summed E-state index contributed by atoms with van der Waals surface area (Å²) >= 11 is 0. The molecule has 0 amide bonds. The molecule has 0 atom stereocenters. The van der Waals surface area contributed by atoms with Crippen molar-refractivity contribution in [3.05, 3.63) is 78.4 Å². The third-order valence-electron chi connectivity index (χ3n) is 3.81. The minimum atomic E-state index is -4.20. The molecule has 3 rings (SSSR count). The summed E-state index contributed by atoms with van der Waals surface area (Å²) in [6.45, 7) is 1.91. The van der Waals surface area contributed by atoms with Crippen molar-refractivity contribution in [2.24, 2.45) is 0 Å². The van der Waals surface area contributed by atoms with Gasteiger partial charge in [0.05, 0.1) is 4.90 Å². The second-order valence-electron chi connectivity index (χ2n) is 5.40. The number of rotatable bonds is 3. The van der Waals surface area contributed by atoms with Crippen molar-refractivity contribution < 1.29 is 13.0 Å². The van der Waals surface area contributed by atoms with E-state index < -0.39 is 10.1 Å². The first-order valence-corrected chi connectivity index (χ1v) is 8.63. The van der Waals surface area contributed by atoms with Crippen LogP contribution in [0, 0.1) is 6.92 Å². The zero-order chi connectivity index (χ0) is 16.4. The van der Waals surface area contributed by atoms with Gasteiger partial charge in [0.25, 0.3) is 10.1 Å². The Hall–Kier alpha value is -2.43. The Morgan fingerprint density at radius 3 is 1.91 bits per heavy atom. The molecule has 0 saturated heterocycles. The molecule has 0 aliphatic heterocycles. The summed E-state index contributed by atoms with van der Waals surface area (Å²) in [6.07, 6.45) is 0. The van der Waals surface area contributed by atoms with E-state index in [0.717, 1.165) is 27.8 Å². The number of hydrogen-bond acceptors (Lipinski definition) is 2. The summed E-state index contributed by atoms with van der Waals surface area (Å²) < 4.78 is 31.9. The molecule has 116 valence electrons. The molecule has 0 aromatic heterocycles. The van der Waals surface area contributed by atoms with Crippen molar-refractivity contribution in [1.82, 2.24) is 0 Å². The summed E-state index contributed by atoms with van der Waals surface area (Å²) in [5, 5.41) is 0. The van der Waals surface area contributed by atoms with E-state index in [1.165, 1.54) is 12.1 Å². The van der Waals surface area contributed by atoms with Gasteiger partial charge in [-0.25, -0.2) is 0 Å². The fraction of sp³-hybridized carbons (Fsp3) is 0.0526. The predicted molar refractivity (Wildman–Crippen MR) is 91.9 cm³/mol. The summed E-state index contributed by atoms with van der Waals surface area (Å²) in [6, 6.07) is 22.6. The van der Waals surface area contributed by atoms with Gasteiger partial charge in [0.2, 0.25) is 0 Å². The summed E-state index contributed by atoms with van der Waals surface area (Å²) in [5.41, 5.74) is 4.87. The van der Waals surface area contributed by atoms with Crippen LogP contribution in [0.15, 0.2) is 77.7 Å². The highest BCUT2D eigenvalue weighted by atomic mass is 32.2. The van der Waals surface area contributed by atoms with Crippen molar-refractivity contribution >= 4 is 10.1 Å². The van der Waals surface area contributed by atoms with Gasteiger partial charge in [0, 0.05) is 0 Å². The molecular weight excluding hydrogens is 308 g/mol. The van der Waals surface area contributed by atoms with E-state index >= 15 is 0 Å². The Balaban J connectivity index is 2.03. The molecule has 4 heteroatoms. The molecule has 0 spiro atoms. The van der Waals surface area contributed by atoms with Crippen LogP contribution in [0.5, 0.6) is 0 Å². The van der Waals surface area contributed by atoms with Gasteiger partial charge in [-0.05, 0) is 46.9 Å². The monoisotopic (exact) mass is 324 g/mol. The molecule has 0 fully saturated rings. The third kappa shape index (κ3) is 3.33. The first kappa shape index (κ1) is 15.5. The van der Waals surface area contributed by atoms with Crippen molar-refractivity contribution in [3.8, 4) is 22.3 Å². The Kier molecular flexibility index (Phi) is 4.03. The van der Waals surface area contributed by atoms with Gasteiger partial charge in [-0.3, -0.25) is 4.55 Å². The van der Waals surface area contributed by atoms with Gasteiger partial charge in [0.1, 0.15) is 0 Å². The van der Waals surface area contributed by atoms with E-state index in [0.29, 0.717) is 0 Å². The molecule has 3 nitrogen and oxygen atoms in total. The van der Waals surface area contributed by atoms with Crippen LogP contribution in [0.3, 0.4) is 0 Å². The highest BCUT2D eigenvalue weighted by Crippen LogP contribution is 2.28. The minimum Gasteiger partial charge on any atom is -0.282 e. The van der Waals surface area contributed by atoms with Crippen molar-refractivity contribution in [3.63, 3.8) is 0 Å². The van der Waals surface area contributed by atoms with Crippen molar-refractivity contribution in [1.29, 1.82) is 0 Å². The van der Waals surface area contributed by atoms with Gasteiger partial charge < -0.3 is 0 Å². The lowest BCUT2D eigenvalue weighted by Gasteiger charge is -2.09. The fourth-order valence-electron chi connectivity index (χ4n) is 2.55. The molecule has 0 aliphatic rings. The molecule has 0 unspecified atom stereocenters. The molecule has 3 aromatic rings. The average molecular weight is 324 g/mol. The number of hydrogen-bond donors (Lipinski definition) is 1. The van der Waals surface area contributed by atoms with Gasteiger partial charge in [-0.1, -0.05) is 60.7 Å². The molecule has 0 aliphatic carbocycles. The average Bonchev–Trinajstić information content (AvgIpc) is 2.55. The van der Waals surface area contributed by atoms with Gasteiger partial charge in [-0.2, -0.15) is 8.42 Å². The van der Waals surface area contributed by atoms with Crippen LogP contribution in [-0.2, 0) is 10.1 Å². The Labute approximate surface area is 136 Å². The molecular formula is C19H16O3S. The zero-order valence-corrected chi connectivity index (χ0v) is 13.4. The second kappa shape index (κ2) is 5.99. The summed E-state index contributed by atoms with van der Waals surface area (Å²) in [7, 11) is -4.20. The van der Waals surface area contributed by atoms with Crippen LogP contribution < -0.4 is 0 Å². The lowest BCUT2D eigenvalue weighted by Crippen LogP contribution is -1.98. The smallest absolute Gasteiger partial charge is 0.282 e. The molecule has 1 N–H and O–H groups in total. The van der Waals surface area contributed by atoms with E-state index in [9.17, 15) is 13.0 Å². The van der Waals surface area contributed by atoms with Crippen molar-refractivity contribution in [2.45, 2.75) is 11.8 Å². The van der Waals surface area contributed by atoms with Gasteiger partial charge >= 0.3 is 0 Å². The SMILES string of the molecule is Cc1ccc(S(=O)(=O)O)cc1-c1ccc(-c2ccccc2)cc1. The Bertz CT molecular complexity index is 928. The molecule has 0 saturated carbocycles. The maximum absolute atomic E-state index is 11.3. The lowest BCUT2D eigenvalue weighted by molar-refractivity contribution is 0.483. The van der Waals surface area contributed by atoms with Crippen LogP contribution >= 0.6 is 0 Å². The predicted octanol–water partition coefficient (Wildman–Crippen LogP) is 4.58. The molecule has 3 aromatic carbocycles. The summed E-state index contributed by atoms with van der Waals surface area (Å²) in [4.78, 5) is -0.0924.